The lowest BCUT2D eigenvalue weighted by Gasteiger charge is -2.24. The van der Waals surface area contributed by atoms with Crippen LogP contribution in [0.5, 0.6) is 0 Å². The van der Waals surface area contributed by atoms with Gasteiger partial charge in [-0.1, -0.05) is 0 Å². The summed E-state index contributed by atoms with van der Waals surface area (Å²) in [6.45, 7) is 2.63. The molecule has 1 aromatic heterocycles. The number of nitrogens with two attached hydrogens (primary N) is 1. The first kappa shape index (κ1) is 14.1. The largest absolute Gasteiger partial charge is 0.462 e. The Hall–Kier alpha value is -2.29. The minimum atomic E-state index is -0.440. The lowest BCUT2D eigenvalue weighted by atomic mass is 10.2. The van der Waals surface area contributed by atoms with Crippen molar-refractivity contribution in [2.24, 2.45) is 0 Å². The van der Waals surface area contributed by atoms with Crippen molar-refractivity contribution in [2.45, 2.75) is 32.2 Å². The first-order valence-corrected chi connectivity index (χ1v) is 6.74. The van der Waals surface area contributed by atoms with Crippen molar-refractivity contribution in [2.75, 3.05) is 23.8 Å². The average Bonchev–Trinajstić information content (AvgIpc) is 3.25. The quantitative estimate of drug-likeness (QED) is 0.794. The summed E-state index contributed by atoms with van der Waals surface area (Å²) in [5.74, 6) is 0.137. The SMILES string of the molecule is CCOC(=O)c1ccnc(N(CCC#N)C2CC2)c1N. The molecule has 1 aromatic rings. The van der Waals surface area contributed by atoms with Gasteiger partial charge in [0.05, 0.1) is 30.3 Å². The minimum absolute atomic E-state index is 0.302. The van der Waals surface area contributed by atoms with Gasteiger partial charge in [0.2, 0.25) is 0 Å². The van der Waals surface area contributed by atoms with E-state index >= 15 is 0 Å². The van der Waals surface area contributed by atoms with E-state index < -0.39 is 5.97 Å². The van der Waals surface area contributed by atoms with Crippen molar-refractivity contribution in [1.29, 1.82) is 5.26 Å². The normalized spacial score (nSPS) is 13.6. The summed E-state index contributed by atoms with van der Waals surface area (Å²) in [7, 11) is 0. The molecule has 0 saturated heterocycles. The summed E-state index contributed by atoms with van der Waals surface area (Å²) in [6.07, 6.45) is 4.09. The van der Waals surface area contributed by atoms with Crippen LogP contribution in [-0.2, 0) is 4.74 Å². The molecule has 0 atom stereocenters. The van der Waals surface area contributed by atoms with Crippen molar-refractivity contribution in [1.82, 2.24) is 4.98 Å². The average molecular weight is 274 g/mol. The van der Waals surface area contributed by atoms with Crippen LogP contribution in [0.3, 0.4) is 0 Å². The Bertz CT molecular complexity index is 534. The number of hydrogen-bond donors (Lipinski definition) is 1. The maximum absolute atomic E-state index is 11.8. The van der Waals surface area contributed by atoms with Crippen LogP contribution in [0.2, 0.25) is 0 Å². The molecule has 6 heteroatoms. The molecule has 0 spiro atoms. The van der Waals surface area contributed by atoms with Crippen molar-refractivity contribution in [3.8, 4) is 6.07 Å². The molecule has 0 aromatic carbocycles. The Morgan fingerprint density at radius 3 is 3.00 bits per heavy atom. The predicted octanol–water partition coefficient (Wildman–Crippen LogP) is 1.72. The van der Waals surface area contributed by atoms with E-state index in [0.29, 0.717) is 42.7 Å². The topological polar surface area (TPSA) is 92.2 Å². The Morgan fingerprint density at radius 1 is 1.65 bits per heavy atom. The smallest absolute Gasteiger partial charge is 0.340 e. The third-order valence-corrected chi connectivity index (χ3v) is 3.19. The number of nitrogen functional groups attached to an aromatic ring is 1. The van der Waals surface area contributed by atoms with Gasteiger partial charge in [-0.05, 0) is 25.8 Å². The van der Waals surface area contributed by atoms with Crippen LogP contribution in [-0.4, -0.2) is 30.1 Å². The summed E-state index contributed by atoms with van der Waals surface area (Å²) in [5, 5.41) is 8.74. The maximum Gasteiger partial charge on any atom is 0.340 e. The number of pyridine rings is 1. The van der Waals surface area contributed by atoms with E-state index in [2.05, 4.69) is 11.1 Å². The van der Waals surface area contributed by atoms with Gasteiger partial charge >= 0.3 is 5.97 Å². The van der Waals surface area contributed by atoms with Crippen LogP contribution < -0.4 is 10.6 Å². The number of nitriles is 1. The van der Waals surface area contributed by atoms with Crippen LogP contribution in [0, 0.1) is 11.3 Å². The van der Waals surface area contributed by atoms with E-state index in [1.54, 1.807) is 19.2 Å². The van der Waals surface area contributed by atoms with Crippen LogP contribution in [0.15, 0.2) is 12.3 Å². The van der Waals surface area contributed by atoms with Crippen molar-refractivity contribution >= 4 is 17.5 Å². The van der Waals surface area contributed by atoms with Gasteiger partial charge < -0.3 is 15.4 Å². The predicted molar refractivity (Wildman–Crippen MR) is 75.2 cm³/mol. The molecule has 1 heterocycles. The fourth-order valence-electron chi connectivity index (χ4n) is 2.10. The van der Waals surface area contributed by atoms with Gasteiger partial charge in [0.15, 0.2) is 5.82 Å². The molecule has 2 N–H and O–H groups in total. The Labute approximate surface area is 118 Å². The van der Waals surface area contributed by atoms with Gasteiger partial charge in [-0.3, -0.25) is 0 Å². The van der Waals surface area contributed by atoms with Crippen LogP contribution in [0.4, 0.5) is 11.5 Å². The Kier molecular flexibility index (Phi) is 4.41. The fraction of sp³-hybridized carbons (Fsp3) is 0.500. The zero-order valence-electron chi connectivity index (χ0n) is 11.5. The van der Waals surface area contributed by atoms with Gasteiger partial charge in [-0.15, -0.1) is 0 Å². The standard InChI is InChI=1S/C14H18N4O2/c1-2-20-14(19)11-6-8-17-13(12(11)16)18(9-3-7-15)10-4-5-10/h6,8,10H,2-5,9,16H2,1H3. The number of carbonyl (C=O) groups is 1. The number of hydrogen-bond acceptors (Lipinski definition) is 6. The number of aromatic nitrogens is 1. The molecule has 1 saturated carbocycles. The van der Waals surface area contributed by atoms with Gasteiger partial charge in [0.1, 0.15) is 0 Å². The monoisotopic (exact) mass is 274 g/mol. The zero-order chi connectivity index (χ0) is 14.5. The molecule has 2 rings (SSSR count). The lowest BCUT2D eigenvalue weighted by molar-refractivity contribution is 0.0527. The van der Waals surface area contributed by atoms with Gasteiger partial charge in [-0.25, -0.2) is 9.78 Å². The summed E-state index contributed by atoms with van der Waals surface area (Å²) in [4.78, 5) is 18.1. The summed E-state index contributed by atoms with van der Waals surface area (Å²) >= 11 is 0. The first-order chi connectivity index (χ1) is 9.69. The number of anilines is 2. The van der Waals surface area contributed by atoms with E-state index in [1.165, 1.54) is 0 Å². The second kappa shape index (κ2) is 6.24. The van der Waals surface area contributed by atoms with E-state index in [1.807, 2.05) is 4.90 Å². The molecule has 20 heavy (non-hydrogen) atoms. The van der Waals surface area contributed by atoms with E-state index in [4.69, 9.17) is 15.7 Å². The number of nitrogens with zero attached hydrogens (tertiary/aromatic N) is 3. The van der Waals surface area contributed by atoms with Crippen LogP contribution >= 0.6 is 0 Å². The number of esters is 1. The maximum atomic E-state index is 11.8. The number of ether oxygens (including phenoxy) is 1. The fourth-order valence-corrected chi connectivity index (χ4v) is 2.10. The highest BCUT2D eigenvalue weighted by Gasteiger charge is 2.31. The van der Waals surface area contributed by atoms with Crippen LogP contribution in [0.1, 0.15) is 36.5 Å². The number of carbonyl (C=O) groups excluding carboxylic acids is 1. The third-order valence-electron chi connectivity index (χ3n) is 3.19. The molecule has 0 radical (unpaired) electrons. The summed E-state index contributed by atoms with van der Waals surface area (Å²) in [6, 6.07) is 4.06. The molecule has 0 amide bonds. The highest BCUT2D eigenvalue weighted by molar-refractivity contribution is 5.97. The van der Waals surface area contributed by atoms with Crippen LogP contribution in [0.25, 0.3) is 0 Å². The van der Waals surface area contributed by atoms with Gasteiger partial charge in [0, 0.05) is 18.8 Å². The third kappa shape index (κ3) is 2.99. The second-order valence-electron chi connectivity index (χ2n) is 4.65. The zero-order valence-corrected chi connectivity index (χ0v) is 11.5. The van der Waals surface area contributed by atoms with Gasteiger partial charge in [0.25, 0.3) is 0 Å². The molecule has 1 fully saturated rings. The molecule has 0 aliphatic heterocycles. The summed E-state index contributed by atoms with van der Waals surface area (Å²) in [5.41, 5.74) is 6.73. The lowest BCUT2D eigenvalue weighted by Crippen LogP contribution is -2.29. The Balaban J connectivity index is 2.28. The summed E-state index contributed by atoms with van der Waals surface area (Å²) < 4.78 is 4.98. The molecular formula is C14H18N4O2. The Morgan fingerprint density at radius 2 is 2.40 bits per heavy atom. The molecule has 0 unspecified atom stereocenters. The molecule has 106 valence electrons. The van der Waals surface area contributed by atoms with E-state index in [9.17, 15) is 4.79 Å². The molecule has 6 nitrogen and oxygen atoms in total. The van der Waals surface area contributed by atoms with Crippen molar-refractivity contribution in [3.63, 3.8) is 0 Å². The molecule has 1 aliphatic rings. The first-order valence-electron chi connectivity index (χ1n) is 6.74. The highest BCUT2D eigenvalue weighted by Crippen LogP contribution is 2.34. The van der Waals surface area contributed by atoms with E-state index in [-0.39, 0.29) is 0 Å². The minimum Gasteiger partial charge on any atom is -0.462 e. The molecular weight excluding hydrogens is 256 g/mol. The van der Waals surface area contributed by atoms with E-state index in [0.717, 1.165) is 12.8 Å². The molecule has 0 bridgehead atoms. The molecule has 1 aliphatic carbocycles. The highest BCUT2D eigenvalue weighted by atomic mass is 16.5. The van der Waals surface area contributed by atoms with Gasteiger partial charge in [-0.2, -0.15) is 5.26 Å². The number of rotatable bonds is 6. The van der Waals surface area contributed by atoms with Crippen molar-refractivity contribution < 1.29 is 9.53 Å². The van der Waals surface area contributed by atoms with Crippen molar-refractivity contribution in [3.05, 3.63) is 17.8 Å². The second-order valence-corrected chi connectivity index (χ2v) is 4.65.